The monoisotopic (exact) mass is 305 g/mol. The fourth-order valence-corrected chi connectivity index (χ4v) is 3.26. The van der Waals surface area contributed by atoms with Crippen molar-refractivity contribution in [1.82, 2.24) is 20.0 Å². The Kier molecular flexibility index (Phi) is 5.97. The lowest BCUT2D eigenvalue weighted by molar-refractivity contribution is 0.154. The molecule has 0 radical (unpaired) electrons. The van der Waals surface area contributed by atoms with E-state index in [0.29, 0.717) is 5.56 Å². The summed E-state index contributed by atoms with van der Waals surface area (Å²) in [6.45, 7) is 9.60. The molecular formula is C15H23N5S. The van der Waals surface area contributed by atoms with Crippen molar-refractivity contribution in [2.75, 3.05) is 45.5 Å². The van der Waals surface area contributed by atoms with Crippen LogP contribution in [0.3, 0.4) is 0 Å². The number of aryl methyl sites for hydroxylation is 1. The molecule has 2 heterocycles. The molecule has 0 aromatic carbocycles. The summed E-state index contributed by atoms with van der Waals surface area (Å²) in [6, 6.07) is 2.26. The molecule has 0 saturated carbocycles. The zero-order chi connectivity index (χ0) is 15.2. The summed E-state index contributed by atoms with van der Waals surface area (Å²) in [5, 5.41) is 18.3. The molecule has 6 heteroatoms. The van der Waals surface area contributed by atoms with Gasteiger partial charge in [0.2, 0.25) is 0 Å². The summed E-state index contributed by atoms with van der Waals surface area (Å²) < 4.78 is 0. The Labute approximate surface area is 131 Å². The van der Waals surface area contributed by atoms with E-state index in [1.165, 1.54) is 0 Å². The van der Waals surface area contributed by atoms with Gasteiger partial charge < -0.3 is 9.80 Å². The average molecular weight is 305 g/mol. The molecule has 1 aliphatic rings. The van der Waals surface area contributed by atoms with Crippen molar-refractivity contribution < 1.29 is 0 Å². The first-order chi connectivity index (χ1) is 10.1. The van der Waals surface area contributed by atoms with Crippen LogP contribution in [-0.2, 0) is 0 Å². The Morgan fingerprint density at radius 3 is 2.57 bits per heavy atom. The van der Waals surface area contributed by atoms with Gasteiger partial charge in [0.05, 0.1) is 11.3 Å². The molecule has 0 amide bonds. The third kappa shape index (κ3) is 4.40. The van der Waals surface area contributed by atoms with Crippen LogP contribution in [0.5, 0.6) is 0 Å². The van der Waals surface area contributed by atoms with Crippen LogP contribution in [0.25, 0.3) is 0 Å². The lowest BCUT2D eigenvalue weighted by atomic mass is 10.1. The minimum Gasteiger partial charge on any atom is -0.304 e. The highest BCUT2D eigenvalue weighted by Gasteiger charge is 2.14. The average Bonchev–Trinajstić information content (AvgIpc) is 2.49. The first kappa shape index (κ1) is 16.2. The van der Waals surface area contributed by atoms with Crippen molar-refractivity contribution in [2.24, 2.45) is 0 Å². The van der Waals surface area contributed by atoms with E-state index >= 15 is 0 Å². The van der Waals surface area contributed by atoms with Crippen LogP contribution in [0, 0.1) is 25.2 Å². The number of likely N-dealkylation sites (N-methyl/N-ethyl adjacent to an activating group) is 1. The SMILES string of the molecule is Cc1nnc(SCCCN2CCN(C)CC2)c(C#N)c1C. The first-order valence-electron chi connectivity index (χ1n) is 7.39. The number of piperazine rings is 1. The molecule has 0 spiro atoms. The highest BCUT2D eigenvalue weighted by molar-refractivity contribution is 7.99. The normalized spacial score (nSPS) is 16.9. The third-order valence-corrected chi connectivity index (χ3v) is 5.04. The van der Waals surface area contributed by atoms with Gasteiger partial charge in [-0.2, -0.15) is 10.4 Å². The predicted octanol–water partition coefficient (Wildman–Crippen LogP) is 1.69. The van der Waals surface area contributed by atoms with Crippen LogP contribution >= 0.6 is 11.8 Å². The van der Waals surface area contributed by atoms with E-state index in [4.69, 9.17) is 0 Å². The van der Waals surface area contributed by atoms with Crippen molar-refractivity contribution in [1.29, 1.82) is 5.26 Å². The maximum absolute atomic E-state index is 9.26. The standard InChI is InChI=1S/C15H23N5S/c1-12-13(2)17-18-15(14(12)11-16)21-10-4-5-20-8-6-19(3)7-9-20/h4-10H2,1-3H3. The summed E-state index contributed by atoms with van der Waals surface area (Å²) in [5.74, 6) is 0.984. The van der Waals surface area contributed by atoms with Gasteiger partial charge in [-0.15, -0.1) is 16.9 Å². The van der Waals surface area contributed by atoms with E-state index in [1.54, 1.807) is 11.8 Å². The van der Waals surface area contributed by atoms with Gasteiger partial charge >= 0.3 is 0 Å². The van der Waals surface area contributed by atoms with E-state index in [-0.39, 0.29) is 0 Å². The van der Waals surface area contributed by atoms with Gasteiger partial charge in [-0.25, -0.2) is 0 Å². The smallest absolute Gasteiger partial charge is 0.137 e. The molecule has 0 atom stereocenters. The first-order valence-corrected chi connectivity index (χ1v) is 8.38. The quantitative estimate of drug-likeness (QED) is 0.609. The summed E-state index contributed by atoms with van der Waals surface area (Å²) in [6.07, 6.45) is 1.12. The second kappa shape index (κ2) is 7.74. The van der Waals surface area contributed by atoms with Gasteiger partial charge in [0, 0.05) is 31.9 Å². The Morgan fingerprint density at radius 1 is 1.19 bits per heavy atom. The molecule has 0 aliphatic carbocycles. The van der Waals surface area contributed by atoms with Crippen molar-refractivity contribution in [3.05, 3.63) is 16.8 Å². The highest BCUT2D eigenvalue weighted by atomic mass is 32.2. The van der Waals surface area contributed by atoms with Gasteiger partial charge in [-0.05, 0) is 39.4 Å². The maximum atomic E-state index is 9.26. The van der Waals surface area contributed by atoms with E-state index in [1.807, 2.05) is 13.8 Å². The van der Waals surface area contributed by atoms with Crippen LogP contribution in [0.1, 0.15) is 23.2 Å². The fraction of sp³-hybridized carbons (Fsp3) is 0.667. The number of aromatic nitrogens is 2. The molecule has 1 aliphatic heterocycles. The Morgan fingerprint density at radius 2 is 1.90 bits per heavy atom. The molecule has 1 aromatic heterocycles. The van der Waals surface area contributed by atoms with E-state index in [2.05, 4.69) is 33.1 Å². The number of thioether (sulfide) groups is 1. The molecule has 21 heavy (non-hydrogen) atoms. The van der Waals surface area contributed by atoms with Crippen molar-refractivity contribution in [3.63, 3.8) is 0 Å². The largest absolute Gasteiger partial charge is 0.304 e. The second-order valence-corrected chi connectivity index (χ2v) is 6.63. The number of rotatable bonds is 5. The van der Waals surface area contributed by atoms with Crippen LogP contribution in [-0.4, -0.2) is 65.5 Å². The van der Waals surface area contributed by atoms with Crippen molar-refractivity contribution in [3.8, 4) is 6.07 Å². The van der Waals surface area contributed by atoms with Gasteiger partial charge in [0.15, 0.2) is 0 Å². The maximum Gasteiger partial charge on any atom is 0.137 e. The van der Waals surface area contributed by atoms with Crippen molar-refractivity contribution >= 4 is 11.8 Å². The number of nitrogens with zero attached hydrogens (tertiary/aromatic N) is 5. The molecule has 5 nitrogen and oxygen atoms in total. The molecule has 1 aromatic rings. The Bertz CT molecular complexity index is 518. The van der Waals surface area contributed by atoms with Crippen LogP contribution in [0.4, 0.5) is 0 Å². The zero-order valence-corrected chi connectivity index (χ0v) is 13.9. The van der Waals surface area contributed by atoms with Crippen LogP contribution < -0.4 is 0 Å². The lowest BCUT2D eigenvalue weighted by Crippen LogP contribution is -2.44. The summed E-state index contributed by atoms with van der Waals surface area (Å²) in [4.78, 5) is 4.88. The summed E-state index contributed by atoms with van der Waals surface area (Å²) in [7, 11) is 2.18. The van der Waals surface area contributed by atoms with E-state index in [9.17, 15) is 5.26 Å². The minimum absolute atomic E-state index is 0.687. The zero-order valence-electron chi connectivity index (χ0n) is 13.1. The number of nitriles is 1. The molecule has 1 saturated heterocycles. The van der Waals surface area contributed by atoms with Gasteiger partial charge in [0.25, 0.3) is 0 Å². The van der Waals surface area contributed by atoms with Gasteiger partial charge in [0.1, 0.15) is 11.1 Å². The molecule has 1 fully saturated rings. The molecule has 0 unspecified atom stereocenters. The number of hydrogen-bond acceptors (Lipinski definition) is 6. The molecule has 0 N–H and O–H groups in total. The lowest BCUT2D eigenvalue weighted by Gasteiger charge is -2.32. The van der Waals surface area contributed by atoms with Crippen LogP contribution in [0.2, 0.25) is 0 Å². The molecular weight excluding hydrogens is 282 g/mol. The molecule has 2 rings (SSSR count). The summed E-state index contributed by atoms with van der Waals surface area (Å²) >= 11 is 1.65. The highest BCUT2D eigenvalue weighted by Crippen LogP contribution is 2.23. The Hall–Kier alpha value is -1.16. The third-order valence-electron chi connectivity index (χ3n) is 3.99. The van der Waals surface area contributed by atoms with Crippen molar-refractivity contribution in [2.45, 2.75) is 25.3 Å². The van der Waals surface area contributed by atoms with E-state index < -0.39 is 0 Å². The predicted molar refractivity (Wildman–Crippen MR) is 85.5 cm³/mol. The van der Waals surface area contributed by atoms with E-state index in [0.717, 1.165) is 61.2 Å². The molecule has 114 valence electrons. The summed E-state index contributed by atoms with van der Waals surface area (Å²) in [5.41, 5.74) is 2.48. The molecule has 0 bridgehead atoms. The fourth-order valence-electron chi connectivity index (χ4n) is 2.35. The topological polar surface area (TPSA) is 56.1 Å². The van der Waals surface area contributed by atoms with Gasteiger partial charge in [-0.3, -0.25) is 0 Å². The number of hydrogen-bond donors (Lipinski definition) is 0. The van der Waals surface area contributed by atoms with Gasteiger partial charge in [-0.1, -0.05) is 0 Å². The second-order valence-electron chi connectivity index (χ2n) is 5.55. The Balaban J connectivity index is 1.79. The van der Waals surface area contributed by atoms with Crippen LogP contribution in [0.15, 0.2) is 5.03 Å². The minimum atomic E-state index is 0.687.